The van der Waals surface area contributed by atoms with Crippen LogP contribution in [0.3, 0.4) is 0 Å². The number of nitro groups is 1. The van der Waals surface area contributed by atoms with Crippen LogP contribution in [0.1, 0.15) is 23.0 Å². The van der Waals surface area contributed by atoms with E-state index in [0.717, 1.165) is 6.07 Å². The standard InChI is InChI=1S/C22H22N4O7/c1-13-19(21(28)25(24(13)3)16-8-6-5-7-9-16)23-20(27)14(2)33-22(29)15-10-11-18(32-4)17(12-15)26(30)31/h5-12,14H,1-4H3,(H,23,27)/t14-/m0/s1. The summed E-state index contributed by atoms with van der Waals surface area (Å²) in [6.45, 7) is 3.00. The van der Waals surface area contributed by atoms with Crippen LogP contribution in [0.5, 0.6) is 5.75 Å². The molecular weight excluding hydrogens is 432 g/mol. The minimum absolute atomic E-state index is 0.0170. The van der Waals surface area contributed by atoms with Gasteiger partial charge in [-0.05, 0) is 38.1 Å². The molecule has 1 atom stereocenters. The number of nitro benzene ring substituents is 1. The minimum atomic E-state index is -1.28. The van der Waals surface area contributed by atoms with Crippen LogP contribution in [-0.2, 0) is 16.6 Å². The fourth-order valence-corrected chi connectivity index (χ4v) is 3.18. The number of nitrogens with one attached hydrogen (secondary N) is 1. The number of aromatic nitrogens is 2. The van der Waals surface area contributed by atoms with Crippen LogP contribution < -0.4 is 15.6 Å². The number of hydrogen-bond donors (Lipinski definition) is 1. The lowest BCUT2D eigenvalue weighted by Gasteiger charge is -2.13. The van der Waals surface area contributed by atoms with Crippen LogP contribution in [0, 0.1) is 17.0 Å². The molecule has 0 aliphatic carbocycles. The summed E-state index contributed by atoms with van der Waals surface area (Å²) >= 11 is 0. The first-order valence-electron chi connectivity index (χ1n) is 9.84. The Morgan fingerprint density at radius 1 is 1.15 bits per heavy atom. The molecule has 0 saturated carbocycles. The van der Waals surface area contributed by atoms with Gasteiger partial charge in [-0.1, -0.05) is 18.2 Å². The smallest absolute Gasteiger partial charge is 0.339 e. The summed E-state index contributed by atoms with van der Waals surface area (Å²) in [5.41, 5.74) is 0.193. The molecule has 0 spiro atoms. The summed E-state index contributed by atoms with van der Waals surface area (Å²) < 4.78 is 13.1. The Bertz CT molecular complexity index is 1280. The van der Waals surface area contributed by atoms with Crippen molar-refractivity contribution in [2.24, 2.45) is 7.05 Å². The monoisotopic (exact) mass is 454 g/mol. The molecule has 0 aliphatic rings. The Hall–Kier alpha value is -4.41. The third kappa shape index (κ3) is 4.61. The van der Waals surface area contributed by atoms with Crippen molar-refractivity contribution in [1.29, 1.82) is 0 Å². The fraction of sp³-hybridized carbons (Fsp3) is 0.227. The molecule has 11 nitrogen and oxygen atoms in total. The first-order chi connectivity index (χ1) is 15.6. The highest BCUT2D eigenvalue weighted by atomic mass is 16.6. The number of esters is 1. The Morgan fingerprint density at radius 3 is 2.42 bits per heavy atom. The topological polar surface area (TPSA) is 135 Å². The van der Waals surface area contributed by atoms with E-state index in [4.69, 9.17) is 9.47 Å². The van der Waals surface area contributed by atoms with Crippen LogP contribution in [-0.4, -0.2) is 39.4 Å². The van der Waals surface area contributed by atoms with Gasteiger partial charge >= 0.3 is 11.7 Å². The van der Waals surface area contributed by atoms with E-state index in [0.29, 0.717) is 11.4 Å². The normalized spacial score (nSPS) is 11.5. The van der Waals surface area contributed by atoms with Gasteiger partial charge in [0.25, 0.3) is 11.5 Å². The number of amides is 1. The molecule has 0 unspecified atom stereocenters. The number of carbonyl (C=O) groups excluding carboxylic acids is 2. The van der Waals surface area contributed by atoms with Crippen molar-refractivity contribution >= 4 is 23.3 Å². The maximum absolute atomic E-state index is 12.9. The Morgan fingerprint density at radius 2 is 1.82 bits per heavy atom. The molecule has 1 aromatic heterocycles. The highest BCUT2D eigenvalue weighted by Crippen LogP contribution is 2.28. The average molecular weight is 454 g/mol. The van der Waals surface area contributed by atoms with Gasteiger partial charge in [0.1, 0.15) is 5.69 Å². The molecule has 33 heavy (non-hydrogen) atoms. The number of carbonyl (C=O) groups is 2. The molecule has 0 saturated heterocycles. The number of anilines is 1. The largest absolute Gasteiger partial charge is 0.490 e. The van der Waals surface area contributed by atoms with Crippen LogP contribution in [0.25, 0.3) is 5.69 Å². The number of benzene rings is 2. The van der Waals surface area contributed by atoms with Crippen molar-refractivity contribution in [2.75, 3.05) is 12.4 Å². The molecule has 0 fully saturated rings. The predicted molar refractivity (Wildman–Crippen MR) is 119 cm³/mol. The zero-order valence-electron chi connectivity index (χ0n) is 18.4. The number of nitrogens with zero attached hydrogens (tertiary/aromatic N) is 3. The first kappa shape index (κ1) is 23.3. The van der Waals surface area contributed by atoms with E-state index in [2.05, 4.69) is 5.32 Å². The minimum Gasteiger partial charge on any atom is -0.490 e. The van der Waals surface area contributed by atoms with Gasteiger partial charge in [-0.15, -0.1) is 0 Å². The molecule has 0 bridgehead atoms. The van der Waals surface area contributed by atoms with E-state index >= 15 is 0 Å². The summed E-state index contributed by atoms with van der Waals surface area (Å²) in [5.74, 6) is -1.68. The maximum Gasteiger partial charge on any atom is 0.339 e. The molecule has 2 aromatic carbocycles. The van der Waals surface area contributed by atoms with E-state index in [9.17, 15) is 24.5 Å². The zero-order chi connectivity index (χ0) is 24.3. The van der Waals surface area contributed by atoms with Gasteiger partial charge in [-0.25, -0.2) is 9.48 Å². The Labute approximate surface area is 188 Å². The average Bonchev–Trinajstić information content (AvgIpc) is 3.01. The number of para-hydroxylation sites is 1. The predicted octanol–water partition coefficient (Wildman–Crippen LogP) is 2.59. The van der Waals surface area contributed by atoms with E-state index in [1.165, 1.54) is 30.8 Å². The van der Waals surface area contributed by atoms with Gasteiger partial charge in [0.15, 0.2) is 11.9 Å². The van der Waals surface area contributed by atoms with E-state index in [1.54, 1.807) is 42.9 Å². The van der Waals surface area contributed by atoms with E-state index < -0.39 is 34.2 Å². The second-order valence-corrected chi connectivity index (χ2v) is 7.12. The number of methoxy groups -OCH3 is 1. The van der Waals surface area contributed by atoms with Crippen LogP contribution in [0.2, 0.25) is 0 Å². The second kappa shape index (κ2) is 9.39. The van der Waals surface area contributed by atoms with Gasteiger partial charge in [0.2, 0.25) is 0 Å². The van der Waals surface area contributed by atoms with Gasteiger partial charge in [0, 0.05) is 13.1 Å². The van der Waals surface area contributed by atoms with Crippen molar-refractivity contribution in [3.05, 3.63) is 80.3 Å². The van der Waals surface area contributed by atoms with Crippen molar-refractivity contribution in [1.82, 2.24) is 9.36 Å². The number of rotatable bonds is 7. The van der Waals surface area contributed by atoms with Crippen LogP contribution in [0.4, 0.5) is 11.4 Å². The molecule has 1 N–H and O–H groups in total. The fourth-order valence-electron chi connectivity index (χ4n) is 3.18. The highest BCUT2D eigenvalue weighted by molar-refractivity contribution is 5.97. The molecular formula is C22H22N4O7. The molecule has 0 radical (unpaired) electrons. The first-order valence-corrected chi connectivity index (χ1v) is 9.84. The van der Waals surface area contributed by atoms with Crippen molar-refractivity contribution in [3.63, 3.8) is 0 Å². The lowest BCUT2D eigenvalue weighted by molar-refractivity contribution is -0.385. The van der Waals surface area contributed by atoms with Crippen LogP contribution >= 0.6 is 0 Å². The lowest BCUT2D eigenvalue weighted by Crippen LogP contribution is -2.32. The number of hydrogen-bond acceptors (Lipinski definition) is 7. The lowest BCUT2D eigenvalue weighted by atomic mass is 10.2. The molecule has 3 aromatic rings. The second-order valence-electron chi connectivity index (χ2n) is 7.12. The van der Waals surface area contributed by atoms with E-state index in [1.807, 2.05) is 6.07 Å². The summed E-state index contributed by atoms with van der Waals surface area (Å²) in [7, 11) is 2.95. The summed E-state index contributed by atoms with van der Waals surface area (Å²) in [6, 6.07) is 12.5. The number of ether oxygens (including phenoxy) is 2. The van der Waals surface area contributed by atoms with Gasteiger partial charge in [0.05, 0.1) is 29.0 Å². The molecule has 3 rings (SSSR count). The van der Waals surface area contributed by atoms with E-state index in [-0.39, 0.29) is 17.0 Å². The Balaban J connectivity index is 1.78. The summed E-state index contributed by atoms with van der Waals surface area (Å²) in [5, 5.41) is 13.7. The zero-order valence-corrected chi connectivity index (χ0v) is 18.4. The third-order valence-corrected chi connectivity index (χ3v) is 5.07. The van der Waals surface area contributed by atoms with Gasteiger partial charge in [-0.2, -0.15) is 0 Å². The SMILES string of the molecule is COc1ccc(C(=O)O[C@@H](C)C(=O)Nc2c(C)n(C)n(-c3ccccc3)c2=O)cc1[N+](=O)[O-]. The quantitative estimate of drug-likeness (QED) is 0.329. The summed E-state index contributed by atoms with van der Waals surface area (Å²) in [4.78, 5) is 48.5. The maximum atomic E-state index is 12.9. The molecule has 11 heteroatoms. The van der Waals surface area contributed by atoms with Crippen molar-refractivity contribution in [3.8, 4) is 11.4 Å². The molecule has 1 amide bonds. The Kier molecular flexibility index (Phi) is 6.61. The molecule has 0 aliphatic heterocycles. The third-order valence-electron chi connectivity index (χ3n) is 5.07. The van der Waals surface area contributed by atoms with Gasteiger partial charge < -0.3 is 14.8 Å². The highest BCUT2D eigenvalue weighted by Gasteiger charge is 2.25. The van der Waals surface area contributed by atoms with Gasteiger partial charge in [-0.3, -0.25) is 24.4 Å². The van der Waals surface area contributed by atoms with Crippen molar-refractivity contribution in [2.45, 2.75) is 20.0 Å². The van der Waals surface area contributed by atoms with Crippen molar-refractivity contribution < 1.29 is 24.0 Å². The summed E-state index contributed by atoms with van der Waals surface area (Å²) in [6.07, 6.45) is -1.28. The van der Waals surface area contributed by atoms with Crippen LogP contribution in [0.15, 0.2) is 53.3 Å². The molecule has 1 heterocycles. The molecule has 172 valence electrons.